The molecule has 0 aromatic heterocycles. The van der Waals surface area contributed by atoms with Crippen LogP contribution in [0, 0.1) is 0 Å². The molecule has 0 atom stereocenters. The zero-order chi connectivity index (χ0) is 8.23. The second-order valence-corrected chi connectivity index (χ2v) is 2.22. The number of hydrogen-bond acceptors (Lipinski definition) is 4. The highest BCUT2D eigenvalue weighted by Gasteiger charge is 1.97. The summed E-state index contributed by atoms with van der Waals surface area (Å²) in [6.07, 6.45) is 3.00. The minimum Gasteiger partial charge on any atom is -0.157 e. The molecule has 4 heteroatoms. The van der Waals surface area contributed by atoms with E-state index in [1.54, 1.807) is 0 Å². The Kier molecular flexibility index (Phi) is 1.74. The maximum absolute atomic E-state index is 3.93. The number of fused-ring (bicyclic) bond motifs is 1. The predicted molar refractivity (Wildman–Crippen MR) is 44.6 cm³/mol. The number of hydrogen-bond donors (Lipinski definition) is 0. The van der Waals surface area contributed by atoms with Gasteiger partial charge in [-0.1, -0.05) is 12.1 Å². The third-order valence-corrected chi connectivity index (χ3v) is 1.41. The molecule has 1 aliphatic rings. The van der Waals surface area contributed by atoms with Crippen molar-refractivity contribution in [1.82, 2.24) is 0 Å². The maximum atomic E-state index is 3.93. The van der Waals surface area contributed by atoms with E-state index in [0.717, 1.165) is 11.4 Å². The molecule has 0 unspecified atom stereocenters. The monoisotopic (exact) mass is 158 g/mol. The average Bonchev–Trinajstić information content (AvgIpc) is 2.06. The van der Waals surface area contributed by atoms with Crippen LogP contribution in [0.15, 0.2) is 57.1 Å². The van der Waals surface area contributed by atoms with Crippen molar-refractivity contribution in [1.29, 1.82) is 0 Å². The lowest BCUT2D eigenvalue weighted by molar-refractivity contribution is 1.13. The summed E-state index contributed by atoms with van der Waals surface area (Å²) < 4.78 is 0. The topological polar surface area (TPSA) is 49.4 Å². The molecule has 58 valence electrons. The summed E-state index contributed by atoms with van der Waals surface area (Å²) in [5.41, 5.74) is 1.48. The lowest BCUT2D eigenvalue weighted by atomic mass is 10.3. The van der Waals surface area contributed by atoms with E-state index in [-0.39, 0.29) is 0 Å². The third-order valence-electron chi connectivity index (χ3n) is 1.41. The SMILES string of the molecule is C1=CN=Nc2ccccc2N=N1. The first-order valence-electron chi connectivity index (χ1n) is 3.52. The molecular weight excluding hydrogens is 152 g/mol. The normalized spacial score (nSPS) is 13.7. The van der Waals surface area contributed by atoms with Crippen molar-refractivity contribution in [2.45, 2.75) is 0 Å². The van der Waals surface area contributed by atoms with Crippen LogP contribution < -0.4 is 0 Å². The van der Waals surface area contributed by atoms with Gasteiger partial charge < -0.3 is 0 Å². The van der Waals surface area contributed by atoms with Gasteiger partial charge in [-0.25, -0.2) is 0 Å². The van der Waals surface area contributed by atoms with E-state index in [4.69, 9.17) is 0 Å². The predicted octanol–water partition coefficient (Wildman–Crippen LogP) is 3.34. The molecule has 0 spiro atoms. The van der Waals surface area contributed by atoms with Gasteiger partial charge >= 0.3 is 0 Å². The highest BCUT2D eigenvalue weighted by Crippen LogP contribution is 2.28. The highest BCUT2D eigenvalue weighted by atomic mass is 15.2. The fraction of sp³-hybridized carbons (Fsp3) is 0. The number of benzene rings is 1. The Morgan fingerprint density at radius 2 is 1.25 bits per heavy atom. The summed E-state index contributed by atoms with van der Waals surface area (Å²) in [5.74, 6) is 0. The van der Waals surface area contributed by atoms with E-state index < -0.39 is 0 Å². The van der Waals surface area contributed by atoms with Crippen LogP contribution in [0.3, 0.4) is 0 Å². The third kappa shape index (κ3) is 1.27. The molecule has 0 saturated heterocycles. The van der Waals surface area contributed by atoms with Crippen LogP contribution in [0.25, 0.3) is 0 Å². The molecule has 1 aromatic carbocycles. The van der Waals surface area contributed by atoms with Crippen molar-refractivity contribution in [3.8, 4) is 0 Å². The molecule has 1 aromatic rings. The van der Waals surface area contributed by atoms with E-state index in [9.17, 15) is 0 Å². The zero-order valence-corrected chi connectivity index (χ0v) is 6.25. The average molecular weight is 158 g/mol. The van der Waals surface area contributed by atoms with Crippen molar-refractivity contribution in [3.05, 3.63) is 36.7 Å². The molecule has 0 saturated carbocycles. The van der Waals surface area contributed by atoms with Crippen LogP contribution in [-0.2, 0) is 0 Å². The van der Waals surface area contributed by atoms with E-state index >= 15 is 0 Å². The first-order chi connectivity index (χ1) is 5.97. The lowest BCUT2D eigenvalue weighted by Crippen LogP contribution is -1.67. The van der Waals surface area contributed by atoms with Crippen molar-refractivity contribution in [2.75, 3.05) is 0 Å². The van der Waals surface area contributed by atoms with Gasteiger partial charge in [-0.3, -0.25) is 0 Å². The van der Waals surface area contributed by atoms with Gasteiger partial charge in [-0.15, -0.1) is 10.2 Å². The standard InChI is InChI=1S/C8H6N4/c1-2-4-8-7(3-1)11-9-5-6-10-12-8/h1-6H. The second kappa shape index (κ2) is 3.04. The molecule has 4 nitrogen and oxygen atoms in total. The van der Waals surface area contributed by atoms with Crippen molar-refractivity contribution in [3.63, 3.8) is 0 Å². The Labute approximate surface area is 69.4 Å². The van der Waals surface area contributed by atoms with Gasteiger partial charge in [0, 0.05) is 0 Å². The Balaban J connectivity index is 2.54. The van der Waals surface area contributed by atoms with Crippen LogP contribution >= 0.6 is 0 Å². The van der Waals surface area contributed by atoms with Crippen LogP contribution in [-0.4, -0.2) is 0 Å². The summed E-state index contributed by atoms with van der Waals surface area (Å²) >= 11 is 0. The van der Waals surface area contributed by atoms with Gasteiger partial charge in [-0.05, 0) is 12.1 Å². The molecule has 0 bridgehead atoms. The Morgan fingerprint density at radius 1 is 0.750 bits per heavy atom. The van der Waals surface area contributed by atoms with Gasteiger partial charge in [0.25, 0.3) is 0 Å². The minimum absolute atomic E-state index is 0.741. The summed E-state index contributed by atoms with van der Waals surface area (Å²) in [7, 11) is 0. The molecular formula is C8H6N4. The highest BCUT2D eigenvalue weighted by molar-refractivity contribution is 5.60. The maximum Gasteiger partial charge on any atom is 0.113 e. The molecule has 0 fully saturated rings. The fourth-order valence-electron chi connectivity index (χ4n) is 0.884. The smallest absolute Gasteiger partial charge is 0.113 e. The van der Waals surface area contributed by atoms with Gasteiger partial charge in [0.1, 0.15) is 11.4 Å². The van der Waals surface area contributed by atoms with E-state index in [2.05, 4.69) is 20.5 Å². The molecule has 2 rings (SSSR count). The quantitative estimate of drug-likeness (QED) is 0.556. The zero-order valence-electron chi connectivity index (χ0n) is 6.25. The van der Waals surface area contributed by atoms with Gasteiger partial charge in [0.05, 0.1) is 12.4 Å². The van der Waals surface area contributed by atoms with Gasteiger partial charge in [0.2, 0.25) is 0 Å². The minimum atomic E-state index is 0.741. The van der Waals surface area contributed by atoms with E-state index in [1.807, 2.05) is 24.3 Å². The first-order valence-corrected chi connectivity index (χ1v) is 3.52. The summed E-state index contributed by atoms with van der Waals surface area (Å²) in [4.78, 5) is 0. The molecule has 0 aliphatic carbocycles. The van der Waals surface area contributed by atoms with Crippen LogP contribution in [0.1, 0.15) is 0 Å². The number of nitrogens with zero attached hydrogens (tertiary/aromatic N) is 4. The van der Waals surface area contributed by atoms with E-state index in [1.165, 1.54) is 12.4 Å². The number of rotatable bonds is 0. The fourth-order valence-corrected chi connectivity index (χ4v) is 0.884. The Bertz CT molecular complexity index is 330. The van der Waals surface area contributed by atoms with Crippen LogP contribution in [0.5, 0.6) is 0 Å². The Hall–Kier alpha value is -1.84. The van der Waals surface area contributed by atoms with Crippen LogP contribution in [0.4, 0.5) is 11.4 Å². The van der Waals surface area contributed by atoms with Crippen molar-refractivity contribution < 1.29 is 0 Å². The molecule has 12 heavy (non-hydrogen) atoms. The van der Waals surface area contributed by atoms with Gasteiger partial charge in [-0.2, -0.15) is 10.2 Å². The lowest BCUT2D eigenvalue weighted by Gasteiger charge is -1.96. The molecule has 0 N–H and O–H groups in total. The molecule has 0 amide bonds. The second-order valence-electron chi connectivity index (χ2n) is 2.22. The first kappa shape index (κ1) is 6.84. The Morgan fingerprint density at radius 3 is 1.75 bits per heavy atom. The van der Waals surface area contributed by atoms with Crippen LogP contribution in [0.2, 0.25) is 0 Å². The van der Waals surface area contributed by atoms with Crippen molar-refractivity contribution in [2.24, 2.45) is 20.5 Å². The summed E-state index contributed by atoms with van der Waals surface area (Å²) in [5, 5.41) is 15.4. The number of azo groups is 2. The largest absolute Gasteiger partial charge is 0.157 e. The van der Waals surface area contributed by atoms with Gasteiger partial charge in [0.15, 0.2) is 0 Å². The molecule has 1 heterocycles. The molecule has 1 aliphatic heterocycles. The van der Waals surface area contributed by atoms with E-state index in [0.29, 0.717) is 0 Å². The summed E-state index contributed by atoms with van der Waals surface area (Å²) in [6.45, 7) is 0. The van der Waals surface area contributed by atoms with Crippen molar-refractivity contribution >= 4 is 11.4 Å². The molecule has 0 radical (unpaired) electrons. The summed E-state index contributed by atoms with van der Waals surface area (Å²) in [6, 6.07) is 7.46.